The molecule has 1 amide bonds. The van der Waals surface area contributed by atoms with Gasteiger partial charge < -0.3 is 28.6 Å². The molecular weight excluding hydrogens is 428 g/mol. The number of anilines is 1. The number of carbonyl (C=O) groups excluding carboxylic acids is 2. The van der Waals surface area contributed by atoms with Crippen LogP contribution in [0.4, 0.5) is 14.5 Å². The molecule has 2 aromatic rings. The maximum absolute atomic E-state index is 12.6. The lowest BCUT2D eigenvalue weighted by atomic mass is 10.1. The Balaban J connectivity index is 1.64. The van der Waals surface area contributed by atoms with Crippen LogP contribution >= 0.6 is 0 Å². The first-order chi connectivity index (χ1) is 15.4. The molecule has 0 unspecified atom stereocenters. The van der Waals surface area contributed by atoms with Crippen molar-refractivity contribution in [3.63, 3.8) is 0 Å². The van der Waals surface area contributed by atoms with Crippen LogP contribution in [0, 0.1) is 5.92 Å². The Morgan fingerprint density at radius 2 is 1.78 bits per heavy atom. The van der Waals surface area contributed by atoms with Gasteiger partial charge in [0.1, 0.15) is 18.1 Å². The normalized spacial score (nSPS) is 15.6. The van der Waals surface area contributed by atoms with E-state index in [0.29, 0.717) is 22.7 Å². The molecule has 10 heteroatoms. The van der Waals surface area contributed by atoms with Gasteiger partial charge in [-0.05, 0) is 29.8 Å². The van der Waals surface area contributed by atoms with Gasteiger partial charge in [-0.25, -0.2) is 0 Å². The third-order valence-corrected chi connectivity index (χ3v) is 4.96. The smallest absolute Gasteiger partial charge is 0.387 e. The molecule has 0 spiro atoms. The SMILES string of the molecule is COc1ccc(N2C[C@@H](C(=O)OCc3ccc(OC(F)F)c(OC)c3)CC2=O)c(OC)c1. The molecule has 0 saturated carbocycles. The van der Waals surface area contributed by atoms with Gasteiger partial charge in [0.25, 0.3) is 0 Å². The lowest BCUT2D eigenvalue weighted by Gasteiger charge is -2.20. The third kappa shape index (κ3) is 5.19. The van der Waals surface area contributed by atoms with Gasteiger partial charge in [-0.15, -0.1) is 0 Å². The molecule has 0 aromatic heterocycles. The predicted octanol–water partition coefficient (Wildman–Crippen LogP) is 3.41. The zero-order valence-electron chi connectivity index (χ0n) is 17.8. The maximum atomic E-state index is 12.6. The molecule has 1 saturated heterocycles. The zero-order valence-corrected chi connectivity index (χ0v) is 17.8. The topological polar surface area (TPSA) is 83.5 Å². The number of rotatable bonds is 9. The van der Waals surface area contributed by atoms with Gasteiger partial charge in [0.2, 0.25) is 5.91 Å². The summed E-state index contributed by atoms with van der Waals surface area (Å²) in [7, 11) is 4.32. The van der Waals surface area contributed by atoms with Crippen molar-refractivity contribution in [3.05, 3.63) is 42.0 Å². The van der Waals surface area contributed by atoms with Gasteiger partial charge >= 0.3 is 12.6 Å². The summed E-state index contributed by atoms with van der Waals surface area (Å²) in [6.07, 6.45) is -0.00148. The Morgan fingerprint density at radius 3 is 2.44 bits per heavy atom. The summed E-state index contributed by atoms with van der Waals surface area (Å²) >= 11 is 0. The lowest BCUT2D eigenvalue weighted by Crippen LogP contribution is -2.26. The van der Waals surface area contributed by atoms with E-state index in [-0.39, 0.29) is 37.0 Å². The second kappa shape index (κ2) is 10.2. The largest absolute Gasteiger partial charge is 0.497 e. The summed E-state index contributed by atoms with van der Waals surface area (Å²) < 4.78 is 50.1. The Kier molecular flexibility index (Phi) is 7.34. The maximum Gasteiger partial charge on any atom is 0.387 e. The van der Waals surface area contributed by atoms with Gasteiger partial charge in [0, 0.05) is 19.0 Å². The molecule has 2 aromatic carbocycles. The molecule has 1 heterocycles. The number of nitrogens with zero attached hydrogens (tertiary/aromatic N) is 1. The quantitative estimate of drug-likeness (QED) is 0.541. The Morgan fingerprint density at radius 1 is 1.03 bits per heavy atom. The first-order valence-corrected chi connectivity index (χ1v) is 9.67. The molecule has 8 nitrogen and oxygen atoms in total. The van der Waals surface area contributed by atoms with Crippen LogP contribution in [0.5, 0.6) is 23.0 Å². The molecule has 0 aliphatic carbocycles. The van der Waals surface area contributed by atoms with Crippen molar-refractivity contribution in [2.45, 2.75) is 19.6 Å². The second-order valence-electron chi connectivity index (χ2n) is 6.91. The second-order valence-corrected chi connectivity index (χ2v) is 6.91. The number of halogens is 2. The summed E-state index contributed by atoms with van der Waals surface area (Å²) in [5.74, 6) is -0.433. The molecule has 1 fully saturated rings. The molecule has 3 rings (SSSR count). The van der Waals surface area contributed by atoms with E-state index in [1.807, 2.05) is 0 Å². The van der Waals surface area contributed by atoms with Crippen LogP contribution in [0.2, 0.25) is 0 Å². The van der Waals surface area contributed by atoms with Gasteiger partial charge in [0.05, 0.1) is 32.9 Å². The first kappa shape index (κ1) is 23.1. The molecule has 1 aliphatic rings. The number of alkyl halides is 2. The van der Waals surface area contributed by atoms with Gasteiger partial charge in [-0.2, -0.15) is 8.78 Å². The van der Waals surface area contributed by atoms with Crippen molar-refractivity contribution < 1.29 is 42.1 Å². The first-order valence-electron chi connectivity index (χ1n) is 9.67. The van der Waals surface area contributed by atoms with E-state index in [2.05, 4.69) is 4.74 Å². The summed E-state index contributed by atoms with van der Waals surface area (Å²) in [4.78, 5) is 26.6. The van der Waals surface area contributed by atoms with E-state index >= 15 is 0 Å². The summed E-state index contributed by atoms with van der Waals surface area (Å²) in [5.41, 5.74) is 1.06. The molecule has 32 heavy (non-hydrogen) atoms. The summed E-state index contributed by atoms with van der Waals surface area (Å²) in [6, 6.07) is 9.29. The number of esters is 1. The number of hydrogen-bond acceptors (Lipinski definition) is 7. The van der Waals surface area contributed by atoms with Crippen molar-refractivity contribution in [3.8, 4) is 23.0 Å². The molecule has 1 aliphatic heterocycles. The highest BCUT2D eigenvalue weighted by Gasteiger charge is 2.37. The fraction of sp³-hybridized carbons (Fsp3) is 0.364. The minimum absolute atomic E-state index is 0.00148. The number of ether oxygens (including phenoxy) is 5. The van der Waals surface area contributed by atoms with E-state index in [0.717, 1.165) is 0 Å². The molecule has 0 radical (unpaired) electrons. The summed E-state index contributed by atoms with van der Waals surface area (Å²) in [6.45, 7) is -2.95. The number of methoxy groups -OCH3 is 3. The van der Waals surface area contributed by atoms with Crippen molar-refractivity contribution in [1.29, 1.82) is 0 Å². The van der Waals surface area contributed by atoms with Crippen molar-refractivity contribution in [2.75, 3.05) is 32.8 Å². The minimum atomic E-state index is -2.99. The van der Waals surface area contributed by atoms with Crippen molar-refractivity contribution >= 4 is 17.6 Å². The molecule has 1 atom stereocenters. The average Bonchev–Trinajstić information content (AvgIpc) is 3.18. The van der Waals surface area contributed by atoms with E-state index in [9.17, 15) is 18.4 Å². The van der Waals surface area contributed by atoms with Gasteiger partial charge in [-0.1, -0.05) is 6.07 Å². The Labute approximate surface area is 183 Å². The highest BCUT2D eigenvalue weighted by Crippen LogP contribution is 2.36. The van der Waals surface area contributed by atoms with Crippen LogP contribution in [0.25, 0.3) is 0 Å². The standard InChI is InChI=1S/C22H23F2NO7/c1-28-15-5-6-16(18(10-15)29-2)25-11-14(9-20(25)26)21(27)31-12-13-4-7-17(32-22(23)24)19(8-13)30-3/h4-8,10,14,22H,9,11-12H2,1-3H3/t14-/m0/s1. The van der Waals surface area contributed by atoms with Crippen LogP contribution in [0.3, 0.4) is 0 Å². The van der Waals surface area contributed by atoms with Crippen LogP contribution in [0.1, 0.15) is 12.0 Å². The minimum Gasteiger partial charge on any atom is -0.497 e. The zero-order chi connectivity index (χ0) is 23.3. The van der Waals surface area contributed by atoms with Crippen LogP contribution in [-0.2, 0) is 20.9 Å². The Bertz CT molecular complexity index is 983. The van der Waals surface area contributed by atoms with Crippen LogP contribution in [0.15, 0.2) is 36.4 Å². The molecule has 172 valence electrons. The van der Waals surface area contributed by atoms with E-state index in [4.69, 9.17) is 18.9 Å². The van der Waals surface area contributed by atoms with E-state index in [1.165, 1.54) is 44.4 Å². The lowest BCUT2D eigenvalue weighted by molar-refractivity contribution is -0.149. The number of carbonyl (C=O) groups is 2. The van der Waals surface area contributed by atoms with E-state index < -0.39 is 18.5 Å². The number of benzene rings is 2. The highest BCUT2D eigenvalue weighted by molar-refractivity contribution is 6.00. The fourth-order valence-corrected chi connectivity index (χ4v) is 3.37. The Hall–Kier alpha value is -3.56. The molecule has 0 bridgehead atoms. The monoisotopic (exact) mass is 451 g/mol. The van der Waals surface area contributed by atoms with Crippen LogP contribution < -0.4 is 23.8 Å². The van der Waals surface area contributed by atoms with Gasteiger partial charge in [0.15, 0.2) is 11.5 Å². The highest BCUT2D eigenvalue weighted by atomic mass is 19.3. The average molecular weight is 451 g/mol. The van der Waals surface area contributed by atoms with Gasteiger partial charge in [-0.3, -0.25) is 9.59 Å². The fourth-order valence-electron chi connectivity index (χ4n) is 3.37. The molecular formula is C22H23F2NO7. The summed E-state index contributed by atoms with van der Waals surface area (Å²) in [5, 5.41) is 0. The van der Waals surface area contributed by atoms with Crippen LogP contribution in [-0.4, -0.2) is 46.4 Å². The van der Waals surface area contributed by atoms with Crippen molar-refractivity contribution in [2.24, 2.45) is 5.92 Å². The number of amides is 1. The van der Waals surface area contributed by atoms with E-state index in [1.54, 1.807) is 18.2 Å². The third-order valence-electron chi connectivity index (χ3n) is 4.96. The predicted molar refractivity (Wildman–Crippen MR) is 109 cm³/mol. The molecule has 0 N–H and O–H groups in total. The van der Waals surface area contributed by atoms with Crippen molar-refractivity contribution in [1.82, 2.24) is 0 Å². The number of hydrogen-bond donors (Lipinski definition) is 0.